The summed E-state index contributed by atoms with van der Waals surface area (Å²) in [6.45, 7) is -0.108. The number of hydrogen-bond donors (Lipinski definition) is 1. The molecule has 1 N–H and O–H groups in total. The molecular weight excluding hydrogens is 397 g/mol. The van der Waals surface area contributed by atoms with Crippen molar-refractivity contribution in [1.82, 2.24) is 0 Å². The number of nitrogens with one attached hydrogen (secondary N) is 1. The van der Waals surface area contributed by atoms with E-state index >= 15 is 0 Å². The van der Waals surface area contributed by atoms with Crippen molar-refractivity contribution in [1.29, 1.82) is 0 Å². The third kappa shape index (κ3) is 4.73. The maximum atomic E-state index is 11.8. The normalized spacial score (nSPS) is 9.91. The standard InChI is InChI=1S/C16H14INO4/c1-21-16(20)11-5-7-14(8-6-11)22-10-15(19)18-13-4-2-3-12(17)9-13/h2-9H,10H2,1H3,(H,18,19). The van der Waals surface area contributed by atoms with Crippen LogP contribution in [0.15, 0.2) is 48.5 Å². The lowest BCUT2D eigenvalue weighted by atomic mass is 10.2. The van der Waals surface area contributed by atoms with Gasteiger partial charge in [0.1, 0.15) is 5.75 Å². The fourth-order valence-electron chi connectivity index (χ4n) is 1.72. The lowest BCUT2D eigenvalue weighted by Gasteiger charge is -2.08. The largest absolute Gasteiger partial charge is 0.484 e. The molecule has 2 rings (SSSR count). The van der Waals surface area contributed by atoms with Crippen LogP contribution in [-0.4, -0.2) is 25.6 Å². The molecule has 22 heavy (non-hydrogen) atoms. The van der Waals surface area contributed by atoms with Crippen LogP contribution in [0.3, 0.4) is 0 Å². The van der Waals surface area contributed by atoms with E-state index in [2.05, 4.69) is 32.6 Å². The van der Waals surface area contributed by atoms with Gasteiger partial charge in [0.05, 0.1) is 12.7 Å². The van der Waals surface area contributed by atoms with Crippen molar-refractivity contribution in [3.05, 3.63) is 57.7 Å². The van der Waals surface area contributed by atoms with E-state index in [1.165, 1.54) is 7.11 Å². The number of amides is 1. The van der Waals surface area contributed by atoms with Gasteiger partial charge in [-0.25, -0.2) is 4.79 Å². The number of carbonyl (C=O) groups excluding carboxylic acids is 2. The van der Waals surface area contributed by atoms with E-state index in [0.717, 1.165) is 9.26 Å². The third-order valence-electron chi connectivity index (χ3n) is 2.75. The minimum Gasteiger partial charge on any atom is -0.484 e. The van der Waals surface area contributed by atoms with Gasteiger partial charge in [-0.15, -0.1) is 0 Å². The second kappa shape index (κ2) is 7.79. The fourth-order valence-corrected chi connectivity index (χ4v) is 2.26. The molecule has 2 aromatic carbocycles. The van der Waals surface area contributed by atoms with Gasteiger partial charge in [0.15, 0.2) is 6.61 Å². The minimum atomic E-state index is -0.414. The average molecular weight is 411 g/mol. The molecule has 0 aliphatic rings. The van der Waals surface area contributed by atoms with Gasteiger partial charge in [0, 0.05) is 9.26 Å². The Balaban J connectivity index is 1.87. The van der Waals surface area contributed by atoms with Crippen molar-refractivity contribution in [2.24, 2.45) is 0 Å². The molecule has 1 amide bonds. The Morgan fingerprint density at radius 2 is 1.86 bits per heavy atom. The summed E-state index contributed by atoms with van der Waals surface area (Å²) in [6, 6.07) is 13.9. The molecule has 0 unspecified atom stereocenters. The first-order valence-corrected chi connectivity index (χ1v) is 7.53. The number of carbonyl (C=O) groups is 2. The van der Waals surface area contributed by atoms with Gasteiger partial charge in [0.25, 0.3) is 5.91 Å². The zero-order chi connectivity index (χ0) is 15.9. The topological polar surface area (TPSA) is 64.6 Å². The van der Waals surface area contributed by atoms with Crippen molar-refractivity contribution in [2.75, 3.05) is 19.0 Å². The maximum absolute atomic E-state index is 11.8. The van der Waals surface area contributed by atoms with Crippen LogP contribution in [0.1, 0.15) is 10.4 Å². The number of anilines is 1. The van der Waals surface area contributed by atoms with E-state index in [1.54, 1.807) is 24.3 Å². The summed E-state index contributed by atoms with van der Waals surface area (Å²) in [5.74, 6) is -0.160. The van der Waals surface area contributed by atoms with Crippen LogP contribution < -0.4 is 10.1 Å². The molecule has 6 heteroatoms. The van der Waals surface area contributed by atoms with Crippen LogP contribution in [0.25, 0.3) is 0 Å². The Hall–Kier alpha value is -2.09. The predicted octanol–water partition coefficient (Wildman–Crippen LogP) is 3.10. The summed E-state index contributed by atoms with van der Waals surface area (Å²) in [7, 11) is 1.32. The molecule has 0 aliphatic carbocycles. The minimum absolute atomic E-state index is 0.108. The molecule has 5 nitrogen and oxygen atoms in total. The highest BCUT2D eigenvalue weighted by Crippen LogP contribution is 2.14. The highest BCUT2D eigenvalue weighted by Gasteiger charge is 2.07. The summed E-state index contributed by atoms with van der Waals surface area (Å²) in [6.07, 6.45) is 0. The van der Waals surface area contributed by atoms with E-state index in [0.29, 0.717) is 11.3 Å². The lowest BCUT2D eigenvalue weighted by Crippen LogP contribution is -2.20. The Morgan fingerprint density at radius 1 is 1.14 bits per heavy atom. The molecule has 0 saturated carbocycles. The zero-order valence-corrected chi connectivity index (χ0v) is 14.0. The molecule has 0 radical (unpaired) electrons. The van der Waals surface area contributed by atoms with E-state index < -0.39 is 5.97 Å². The molecule has 0 bridgehead atoms. The molecular formula is C16H14INO4. The molecule has 2 aromatic rings. The van der Waals surface area contributed by atoms with Crippen molar-refractivity contribution < 1.29 is 19.1 Å². The Bertz CT molecular complexity index is 670. The number of hydrogen-bond acceptors (Lipinski definition) is 4. The quantitative estimate of drug-likeness (QED) is 0.607. The van der Waals surface area contributed by atoms with Crippen LogP contribution in [0.5, 0.6) is 5.75 Å². The van der Waals surface area contributed by atoms with Gasteiger partial charge in [-0.3, -0.25) is 4.79 Å². The van der Waals surface area contributed by atoms with Gasteiger partial charge in [-0.2, -0.15) is 0 Å². The van der Waals surface area contributed by atoms with E-state index in [4.69, 9.17) is 4.74 Å². The summed E-state index contributed by atoms with van der Waals surface area (Å²) >= 11 is 2.17. The molecule has 0 atom stereocenters. The summed E-state index contributed by atoms with van der Waals surface area (Å²) in [4.78, 5) is 23.1. The van der Waals surface area contributed by atoms with Gasteiger partial charge in [0.2, 0.25) is 0 Å². The van der Waals surface area contributed by atoms with Crippen LogP contribution in [-0.2, 0) is 9.53 Å². The Morgan fingerprint density at radius 3 is 2.50 bits per heavy atom. The lowest BCUT2D eigenvalue weighted by molar-refractivity contribution is -0.118. The SMILES string of the molecule is COC(=O)c1ccc(OCC(=O)Nc2cccc(I)c2)cc1. The first-order chi connectivity index (χ1) is 10.6. The number of ether oxygens (including phenoxy) is 2. The maximum Gasteiger partial charge on any atom is 0.337 e. The molecule has 0 saturated heterocycles. The monoisotopic (exact) mass is 411 g/mol. The third-order valence-corrected chi connectivity index (χ3v) is 3.42. The summed E-state index contributed by atoms with van der Waals surface area (Å²) in [5, 5.41) is 2.75. The van der Waals surface area contributed by atoms with Gasteiger partial charge >= 0.3 is 5.97 Å². The number of esters is 1. The highest BCUT2D eigenvalue weighted by atomic mass is 127. The van der Waals surface area contributed by atoms with Crippen molar-refractivity contribution in [3.8, 4) is 5.75 Å². The van der Waals surface area contributed by atoms with Gasteiger partial charge in [-0.05, 0) is 65.1 Å². The van der Waals surface area contributed by atoms with E-state index in [-0.39, 0.29) is 12.5 Å². The zero-order valence-electron chi connectivity index (χ0n) is 11.8. The molecule has 114 valence electrons. The number of rotatable bonds is 5. The smallest absolute Gasteiger partial charge is 0.337 e. The number of benzene rings is 2. The second-order valence-electron chi connectivity index (χ2n) is 4.36. The van der Waals surface area contributed by atoms with Crippen LogP contribution >= 0.6 is 22.6 Å². The number of halogens is 1. The van der Waals surface area contributed by atoms with Gasteiger partial charge < -0.3 is 14.8 Å². The predicted molar refractivity (Wildman–Crippen MR) is 91.1 cm³/mol. The molecule has 0 fully saturated rings. The Kier molecular flexibility index (Phi) is 5.76. The molecule has 0 spiro atoms. The summed E-state index contributed by atoms with van der Waals surface area (Å²) in [5.41, 5.74) is 1.15. The average Bonchev–Trinajstić information content (AvgIpc) is 2.52. The highest BCUT2D eigenvalue weighted by molar-refractivity contribution is 14.1. The van der Waals surface area contributed by atoms with Crippen LogP contribution in [0.4, 0.5) is 5.69 Å². The van der Waals surface area contributed by atoms with Gasteiger partial charge in [-0.1, -0.05) is 6.07 Å². The molecule has 0 heterocycles. The van der Waals surface area contributed by atoms with Crippen LogP contribution in [0.2, 0.25) is 0 Å². The molecule has 0 aromatic heterocycles. The number of methoxy groups -OCH3 is 1. The second-order valence-corrected chi connectivity index (χ2v) is 5.61. The molecule has 0 aliphatic heterocycles. The Labute approximate surface area is 141 Å². The first kappa shape index (κ1) is 16.3. The van der Waals surface area contributed by atoms with E-state index in [1.807, 2.05) is 24.3 Å². The van der Waals surface area contributed by atoms with Crippen molar-refractivity contribution in [3.63, 3.8) is 0 Å². The first-order valence-electron chi connectivity index (χ1n) is 6.45. The van der Waals surface area contributed by atoms with E-state index in [9.17, 15) is 9.59 Å². The fraction of sp³-hybridized carbons (Fsp3) is 0.125. The van der Waals surface area contributed by atoms with Crippen molar-refractivity contribution >= 4 is 40.2 Å². The van der Waals surface area contributed by atoms with Crippen molar-refractivity contribution in [2.45, 2.75) is 0 Å². The van der Waals surface area contributed by atoms with Crippen LogP contribution in [0, 0.1) is 3.57 Å². The summed E-state index contributed by atoms with van der Waals surface area (Å²) < 4.78 is 11.0.